The van der Waals surface area contributed by atoms with Gasteiger partial charge in [0.15, 0.2) is 11.5 Å². The second kappa shape index (κ2) is 4.80. The van der Waals surface area contributed by atoms with E-state index in [1.54, 1.807) is 0 Å². The smallest absolute Gasteiger partial charge is 0.198 e. The minimum absolute atomic E-state index is 0.517. The Balaban J connectivity index is 1.59. The molecule has 0 amide bonds. The third kappa shape index (κ3) is 2.09. The van der Waals surface area contributed by atoms with Gasteiger partial charge in [-0.05, 0) is 43.2 Å². The molecule has 3 atom stereocenters. The van der Waals surface area contributed by atoms with E-state index in [9.17, 15) is 0 Å². The Labute approximate surface area is 119 Å². The molecule has 3 heteroatoms. The lowest BCUT2D eigenvalue weighted by Gasteiger charge is -2.38. The van der Waals surface area contributed by atoms with Crippen molar-refractivity contribution in [3.05, 3.63) is 24.1 Å². The topological polar surface area (TPSA) is 52.0 Å². The summed E-state index contributed by atoms with van der Waals surface area (Å²) >= 11 is 0. The van der Waals surface area contributed by atoms with Crippen molar-refractivity contribution in [3.8, 4) is 0 Å². The number of rotatable bonds is 1. The van der Waals surface area contributed by atoms with Gasteiger partial charge in [-0.3, -0.25) is 0 Å². The molecule has 3 unspecified atom stereocenters. The molecular formula is C17H22N2O. The summed E-state index contributed by atoms with van der Waals surface area (Å²) in [6.45, 7) is 0. The van der Waals surface area contributed by atoms with Crippen molar-refractivity contribution in [1.29, 1.82) is 0 Å². The Morgan fingerprint density at radius 1 is 1.05 bits per heavy atom. The summed E-state index contributed by atoms with van der Waals surface area (Å²) in [4.78, 5) is 4.69. The van der Waals surface area contributed by atoms with Crippen LogP contribution in [0.1, 0.15) is 56.8 Å². The Morgan fingerprint density at radius 3 is 2.80 bits per heavy atom. The predicted octanol–water partition coefficient (Wildman–Crippen LogP) is 4.48. The normalized spacial score (nSPS) is 30.3. The summed E-state index contributed by atoms with van der Waals surface area (Å²) in [5, 5.41) is 0. The van der Waals surface area contributed by atoms with Gasteiger partial charge in [0, 0.05) is 17.7 Å². The van der Waals surface area contributed by atoms with Crippen molar-refractivity contribution in [2.45, 2.75) is 50.9 Å². The fourth-order valence-electron chi connectivity index (χ4n) is 4.23. The zero-order chi connectivity index (χ0) is 13.5. The molecule has 0 radical (unpaired) electrons. The zero-order valence-electron chi connectivity index (χ0n) is 11.8. The number of nitrogens with zero attached hydrogens (tertiary/aromatic N) is 1. The third-order valence-electron chi connectivity index (χ3n) is 5.32. The highest BCUT2D eigenvalue weighted by molar-refractivity contribution is 5.76. The molecule has 20 heavy (non-hydrogen) atoms. The highest BCUT2D eigenvalue weighted by Crippen LogP contribution is 2.46. The largest absolute Gasteiger partial charge is 0.440 e. The number of hydrogen-bond acceptors (Lipinski definition) is 3. The molecule has 2 N–H and O–H groups in total. The molecule has 106 valence electrons. The maximum Gasteiger partial charge on any atom is 0.198 e. The summed E-state index contributed by atoms with van der Waals surface area (Å²) in [6.07, 6.45) is 9.58. The SMILES string of the molecule is Nc1ccc2nc(C3CCC4CCCCC4C3)oc2c1. The first-order valence-corrected chi connectivity index (χ1v) is 7.95. The zero-order valence-corrected chi connectivity index (χ0v) is 11.8. The maximum absolute atomic E-state index is 5.98. The number of benzene rings is 1. The van der Waals surface area contributed by atoms with E-state index < -0.39 is 0 Å². The van der Waals surface area contributed by atoms with E-state index in [1.807, 2.05) is 18.2 Å². The van der Waals surface area contributed by atoms with Crippen LogP contribution in [-0.4, -0.2) is 4.98 Å². The van der Waals surface area contributed by atoms with Gasteiger partial charge in [0.1, 0.15) is 5.52 Å². The quantitative estimate of drug-likeness (QED) is 0.777. The molecule has 1 heterocycles. The van der Waals surface area contributed by atoms with Crippen LogP contribution in [0.25, 0.3) is 11.1 Å². The van der Waals surface area contributed by atoms with Crippen LogP contribution >= 0.6 is 0 Å². The molecule has 1 aromatic carbocycles. The van der Waals surface area contributed by atoms with Crippen molar-refractivity contribution in [1.82, 2.24) is 4.98 Å². The van der Waals surface area contributed by atoms with E-state index >= 15 is 0 Å². The number of fused-ring (bicyclic) bond motifs is 2. The van der Waals surface area contributed by atoms with Gasteiger partial charge in [0.05, 0.1) is 0 Å². The fourth-order valence-corrected chi connectivity index (χ4v) is 4.23. The van der Waals surface area contributed by atoms with Gasteiger partial charge in [-0.25, -0.2) is 4.98 Å². The first-order chi connectivity index (χ1) is 9.79. The van der Waals surface area contributed by atoms with Crippen LogP contribution in [0.3, 0.4) is 0 Å². The van der Waals surface area contributed by atoms with Crippen molar-refractivity contribution < 1.29 is 4.42 Å². The average Bonchev–Trinajstić information content (AvgIpc) is 2.89. The van der Waals surface area contributed by atoms with Crippen LogP contribution in [0.4, 0.5) is 5.69 Å². The van der Waals surface area contributed by atoms with E-state index in [2.05, 4.69) is 0 Å². The lowest BCUT2D eigenvalue weighted by atomic mass is 9.67. The van der Waals surface area contributed by atoms with Crippen molar-refractivity contribution >= 4 is 16.8 Å². The minimum atomic E-state index is 0.517. The number of hydrogen-bond donors (Lipinski definition) is 1. The molecule has 2 fully saturated rings. The van der Waals surface area contributed by atoms with Crippen LogP contribution in [-0.2, 0) is 0 Å². The van der Waals surface area contributed by atoms with Gasteiger partial charge < -0.3 is 10.2 Å². The second-order valence-corrected chi connectivity index (χ2v) is 6.59. The van der Waals surface area contributed by atoms with Gasteiger partial charge >= 0.3 is 0 Å². The van der Waals surface area contributed by atoms with Crippen molar-refractivity contribution in [2.24, 2.45) is 11.8 Å². The molecule has 0 spiro atoms. The summed E-state index contributed by atoms with van der Waals surface area (Å²) in [5.41, 5.74) is 8.34. The molecule has 2 aromatic rings. The van der Waals surface area contributed by atoms with Crippen LogP contribution in [0.2, 0.25) is 0 Å². The number of oxazole rings is 1. The van der Waals surface area contributed by atoms with Gasteiger partial charge in [-0.1, -0.05) is 25.7 Å². The maximum atomic E-state index is 5.98. The fraction of sp³-hybridized carbons (Fsp3) is 0.588. The molecule has 0 saturated heterocycles. The Morgan fingerprint density at radius 2 is 1.90 bits per heavy atom. The average molecular weight is 270 g/mol. The van der Waals surface area contributed by atoms with E-state index in [1.165, 1.54) is 44.9 Å². The lowest BCUT2D eigenvalue weighted by Crippen LogP contribution is -2.26. The summed E-state index contributed by atoms with van der Waals surface area (Å²) in [5.74, 6) is 3.33. The summed E-state index contributed by atoms with van der Waals surface area (Å²) in [6, 6.07) is 5.74. The van der Waals surface area contributed by atoms with Gasteiger partial charge in [0.2, 0.25) is 0 Å². The minimum Gasteiger partial charge on any atom is -0.440 e. The number of anilines is 1. The molecule has 3 nitrogen and oxygen atoms in total. The van der Waals surface area contributed by atoms with E-state index in [0.29, 0.717) is 5.92 Å². The highest BCUT2D eigenvalue weighted by Gasteiger charge is 2.34. The van der Waals surface area contributed by atoms with E-state index in [4.69, 9.17) is 15.1 Å². The van der Waals surface area contributed by atoms with E-state index in [-0.39, 0.29) is 0 Å². The lowest BCUT2D eigenvalue weighted by molar-refractivity contribution is 0.147. The number of nitrogens with two attached hydrogens (primary N) is 1. The van der Waals surface area contributed by atoms with E-state index in [0.717, 1.165) is 34.5 Å². The Bertz CT molecular complexity index is 618. The standard InChI is InChI=1S/C17H22N2O/c18-14-7-8-15-16(10-14)20-17(19-15)13-6-5-11-3-1-2-4-12(11)9-13/h7-8,10-13H,1-6,9,18H2. The van der Waals surface area contributed by atoms with Gasteiger partial charge in [-0.2, -0.15) is 0 Å². The molecule has 4 rings (SSSR count). The van der Waals surface area contributed by atoms with Crippen LogP contribution in [0.5, 0.6) is 0 Å². The van der Waals surface area contributed by atoms with Crippen LogP contribution in [0.15, 0.2) is 22.6 Å². The molecule has 0 aliphatic heterocycles. The Hall–Kier alpha value is -1.51. The molecule has 1 aromatic heterocycles. The van der Waals surface area contributed by atoms with Crippen molar-refractivity contribution in [3.63, 3.8) is 0 Å². The first kappa shape index (κ1) is 12.2. The Kier molecular flexibility index (Phi) is 2.94. The van der Waals surface area contributed by atoms with Gasteiger partial charge in [-0.15, -0.1) is 0 Å². The third-order valence-corrected chi connectivity index (χ3v) is 5.32. The van der Waals surface area contributed by atoms with Crippen molar-refractivity contribution in [2.75, 3.05) is 5.73 Å². The molecular weight excluding hydrogens is 248 g/mol. The molecule has 2 saturated carbocycles. The van der Waals surface area contributed by atoms with Gasteiger partial charge in [0.25, 0.3) is 0 Å². The molecule has 2 aliphatic rings. The monoisotopic (exact) mass is 270 g/mol. The van der Waals surface area contributed by atoms with Crippen LogP contribution < -0.4 is 5.73 Å². The summed E-state index contributed by atoms with van der Waals surface area (Å²) in [7, 11) is 0. The summed E-state index contributed by atoms with van der Waals surface area (Å²) < 4.78 is 5.98. The molecule has 2 aliphatic carbocycles. The number of aromatic nitrogens is 1. The highest BCUT2D eigenvalue weighted by atomic mass is 16.3. The predicted molar refractivity (Wildman–Crippen MR) is 80.5 cm³/mol. The second-order valence-electron chi connectivity index (χ2n) is 6.59. The van der Waals surface area contributed by atoms with Crippen LogP contribution in [0, 0.1) is 11.8 Å². The molecule has 0 bridgehead atoms. The first-order valence-electron chi connectivity index (χ1n) is 7.95. The number of nitrogen functional groups attached to an aromatic ring is 1.